The summed E-state index contributed by atoms with van der Waals surface area (Å²) in [4.78, 5) is 0. The summed E-state index contributed by atoms with van der Waals surface area (Å²) in [6, 6.07) is 4.41. The molecule has 0 heterocycles. The summed E-state index contributed by atoms with van der Waals surface area (Å²) in [7, 11) is 0. The van der Waals surface area contributed by atoms with Crippen LogP contribution in [0.4, 0.5) is 8.78 Å². The molecular weight excluding hydrogens is 196 g/mol. The van der Waals surface area contributed by atoms with E-state index in [-0.39, 0.29) is 5.92 Å². The molecule has 1 aliphatic carbocycles. The molecule has 1 unspecified atom stereocenters. The maximum atomic E-state index is 13.4. The lowest BCUT2D eigenvalue weighted by atomic mass is 10.0. The van der Waals surface area contributed by atoms with Crippen LogP contribution in [0.15, 0.2) is 18.2 Å². The van der Waals surface area contributed by atoms with E-state index in [2.05, 4.69) is 5.32 Å². The van der Waals surface area contributed by atoms with Gasteiger partial charge in [0.25, 0.3) is 0 Å². The number of nitrogens with one attached hydrogen (secondary N) is 1. The number of benzene rings is 1. The standard InChI is InChI=1S/C12H15F2N/c1-8(7-15-10-3-4-10)11-5-2-9(13)6-12(11)14/h2,5-6,8,10,15H,3-4,7H2,1H3. The van der Waals surface area contributed by atoms with E-state index < -0.39 is 11.6 Å². The third-order valence-corrected chi connectivity index (χ3v) is 2.78. The van der Waals surface area contributed by atoms with Gasteiger partial charge in [-0.3, -0.25) is 0 Å². The summed E-state index contributed by atoms with van der Waals surface area (Å²) in [5, 5.41) is 3.34. The van der Waals surface area contributed by atoms with E-state index in [4.69, 9.17) is 0 Å². The van der Waals surface area contributed by atoms with E-state index in [9.17, 15) is 8.78 Å². The van der Waals surface area contributed by atoms with Crippen molar-refractivity contribution in [1.82, 2.24) is 5.32 Å². The highest BCUT2D eigenvalue weighted by Crippen LogP contribution is 2.22. The maximum absolute atomic E-state index is 13.4. The Bertz CT molecular complexity index is 347. The normalized spacial score (nSPS) is 17.8. The topological polar surface area (TPSA) is 12.0 Å². The molecule has 2 rings (SSSR count). The van der Waals surface area contributed by atoms with Crippen molar-refractivity contribution in [1.29, 1.82) is 0 Å². The summed E-state index contributed by atoms with van der Waals surface area (Å²) >= 11 is 0. The average molecular weight is 211 g/mol. The van der Waals surface area contributed by atoms with Gasteiger partial charge in [-0.25, -0.2) is 8.78 Å². The highest BCUT2D eigenvalue weighted by atomic mass is 19.1. The fraction of sp³-hybridized carbons (Fsp3) is 0.500. The van der Waals surface area contributed by atoms with E-state index in [1.54, 1.807) is 0 Å². The average Bonchev–Trinajstić information content (AvgIpc) is 2.97. The molecule has 1 fully saturated rings. The predicted molar refractivity (Wildman–Crippen MR) is 55.8 cm³/mol. The van der Waals surface area contributed by atoms with Crippen LogP contribution in [0.5, 0.6) is 0 Å². The van der Waals surface area contributed by atoms with Gasteiger partial charge in [0.05, 0.1) is 0 Å². The van der Waals surface area contributed by atoms with E-state index in [1.807, 2.05) is 6.92 Å². The second-order valence-electron chi connectivity index (χ2n) is 4.25. The smallest absolute Gasteiger partial charge is 0.129 e. The van der Waals surface area contributed by atoms with Crippen LogP contribution in [0.3, 0.4) is 0 Å². The third kappa shape index (κ3) is 2.75. The zero-order chi connectivity index (χ0) is 10.8. The molecule has 1 nitrogen and oxygen atoms in total. The number of hydrogen-bond acceptors (Lipinski definition) is 1. The van der Waals surface area contributed by atoms with Gasteiger partial charge < -0.3 is 5.32 Å². The molecule has 1 aromatic carbocycles. The third-order valence-electron chi connectivity index (χ3n) is 2.78. The van der Waals surface area contributed by atoms with Gasteiger partial charge in [-0.2, -0.15) is 0 Å². The first-order valence-corrected chi connectivity index (χ1v) is 5.35. The Labute approximate surface area is 88.5 Å². The van der Waals surface area contributed by atoms with Crippen LogP contribution in [0.2, 0.25) is 0 Å². The van der Waals surface area contributed by atoms with Crippen molar-refractivity contribution in [3.8, 4) is 0 Å². The second kappa shape index (κ2) is 4.27. The van der Waals surface area contributed by atoms with Gasteiger partial charge >= 0.3 is 0 Å². The lowest BCUT2D eigenvalue weighted by Gasteiger charge is -2.13. The van der Waals surface area contributed by atoms with Crippen LogP contribution in [-0.4, -0.2) is 12.6 Å². The van der Waals surface area contributed by atoms with Gasteiger partial charge in [-0.05, 0) is 30.4 Å². The molecular formula is C12H15F2N. The van der Waals surface area contributed by atoms with Crippen molar-refractivity contribution in [3.63, 3.8) is 0 Å². The minimum absolute atomic E-state index is 0.0891. The molecule has 3 heteroatoms. The monoisotopic (exact) mass is 211 g/mol. The quantitative estimate of drug-likeness (QED) is 0.807. The molecule has 1 aromatic rings. The molecule has 82 valence electrons. The Balaban J connectivity index is 1.99. The molecule has 0 amide bonds. The van der Waals surface area contributed by atoms with Crippen LogP contribution >= 0.6 is 0 Å². The van der Waals surface area contributed by atoms with Crippen molar-refractivity contribution in [2.45, 2.75) is 31.7 Å². The highest BCUT2D eigenvalue weighted by Gasteiger charge is 2.21. The summed E-state index contributed by atoms with van der Waals surface area (Å²) in [5.41, 5.74) is 0.588. The summed E-state index contributed by atoms with van der Waals surface area (Å²) in [5.74, 6) is -0.870. The SMILES string of the molecule is CC(CNC1CC1)c1ccc(F)cc1F. The van der Waals surface area contributed by atoms with Gasteiger partial charge in [0.1, 0.15) is 11.6 Å². The fourth-order valence-corrected chi connectivity index (χ4v) is 1.64. The van der Waals surface area contributed by atoms with E-state index in [1.165, 1.54) is 25.0 Å². The van der Waals surface area contributed by atoms with Crippen molar-refractivity contribution in [3.05, 3.63) is 35.4 Å². The summed E-state index contributed by atoms with van der Waals surface area (Å²) < 4.78 is 26.1. The zero-order valence-electron chi connectivity index (χ0n) is 8.76. The number of halogens is 2. The number of hydrogen-bond donors (Lipinski definition) is 1. The minimum atomic E-state index is -0.515. The van der Waals surface area contributed by atoms with Gasteiger partial charge in [0.15, 0.2) is 0 Å². The summed E-state index contributed by atoms with van der Waals surface area (Å²) in [6.45, 7) is 2.71. The molecule has 0 spiro atoms. The van der Waals surface area contributed by atoms with E-state index in [0.717, 1.165) is 12.6 Å². The predicted octanol–water partition coefficient (Wildman–Crippen LogP) is 2.82. The Morgan fingerprint density at radius 3 is 2.73 bits per heavy atom. The van der Waals surface area contributed by atoms with Crippen LogP contribution in [0, 0.1) is 11.6 Å². The molecule has 1 N–H and O–H groups in total. The molecule has 15 heavy (non-hydrogen) atoms. The first-order chi connectivity index (χ1) is 7.16. The lowest BCUT2D eigenvalue weighted by Crippen LogP contribution is -2.22. The Morgan fingerprint density at radius 1 is 1.40 bits per heavy atom. The lowest BCUT2D eigenvalue weighted by molar-refractivity contribution is 0.542. The van der Waals surface area contributed by atoms with Crippen molar-refractivity contribution in [2.75, 3.05) is 6.54 Å². The first kappa shape index (κ1) is 10.6. The van der Waals surface area contributed by atoms with Gasteiger partial charge in [0.2, 0.25) is 0 Å². The molecule has 1 aliphatic rings. The van der Waals surface area contributed by atoms with Crippen LogP contribution in [0.25, 0.3) is 0 Å². The highest BCUT2D eigenvalue weighted by molar-refractivity contribution is 5.22. The Kier molecular flexibility index (Phi) is 3.00. The molecule has 1 atom stereocenters. The fourth-order valence-electron chi connectivity index (χ4n) is 1.64. The number of rotatable bonds is 4. The molecule has 0 bridgehead atoms. The molecule has 0 aromatic heterocycles. The van der Waals surface area contributed by atoms with E-state index >= 15 is 0 Å². The van der Waals surface area contributed by atoms with E-state index in [0.29, 0.717) is 11.6 Å². The second-order valence-corrected chi connectivity index (χ2v) is 4.25. The van der Waals surface area contributed by atoms with Crippen molar-refractivity contribution >= 4 is 0 Å². The Hall–Kier alpha value is -0.960. The maximum Gasteiger partial charge on any atom is 0.129 e. The van der Waals surface area contributed by atoms with Gasteiger partial charge in [-0.1, -0.05) is 13.0 Å². The largest absolute Gasteiger partial charge is 0.313 e. The van der Waals surface area contributed by atoms with Crippen LogP contribution in [0.1, 0.15) is 31.2 Å². The minimum Gasteiger partial charge on any atom is -0.313 e. The first-order valence-electron chi connectivity index (χ1n) is 5.35. The zero-order valence-corrected chi connectivity index (χ0v) is 8.76. The van der Waals surface area contributed by atoms with Gasteiger partial charge in [0, 0.05) is 18.7 Å². The molecule has 0 aliphatic heterocycles. The van der Waals surface area contributed by atoms with Crippen LogP contribution in [-0.2, 0) is 0 Å². The summed E-state index contributed by atoms with van der Waals surface area (Å²) in [6.07, 6.45) is 2.44. The Morgan fingerprint density at radius 2 is 2.13 bits per heavy atom. The molecule has 0 radical (unpaired) electrons. The van der Waals surface area contributed by atoms with Gasteiger partial charge in [-0.15, -0.1) is 0 Å². The van der Waals surface area contributed by atoms with Crippen molar-refractivity contribution < 1.29 is 8.78 Å². The molecule has 1 saturated carbocycles. The molecule has 0 saturated heterocycles. The van der Waals surface area contributed by atoms with Crippen LogP contribution < -0.4 is 5.32 Å². The van der Waals surface area contributed by atoms with Crippen molar-refractivity contribution in [2.24, 2.45) is 0 Å².